The Morgan fingerprint density at radius 2 is 1.74 bits per heavy atom. The van der Waals surface area contributed by atoms with E-state index >= 15 is 0 Å². The molecule has 1 atom stereocenters. The van der Waals surface area contributed by atoms with Gasteiger partial charge in [0, 0.05) is 62.4 Å². The van der Waals surface area contributed by atoms with E-state index in [1.54, 1.807) is 54.7 Å². The summed E-state index contributed by atoms with van der Waals surface area (Å²) in [6, 6.07) is 23.0. The molecule has 0 saturated carbocycles. The van der Waals surface area contributed by atoms with Gasteiger partial charge in [-0.25, -0.2) is 13.2 Å². The number of hydrogen-bond acceptors (Lipinski definition) is 7. The van der Waals surface area contributed by atoms with Crippen LogP contribution in [0.25, 0.3) is 10.8 Å². The number of nitrogens with zero attached hydrogens (tertiary/aromatic N) is 4. The van der Waals surface area contributed by atoms with Crippen molar-refractivity contribution in [1.29, 1.82) is 0 Å². The van der Waals surface area contributed by atoms with Gasteiger partial charge < -0.3 is 14.7 Å². The summed E-state index contributed by atoms with van der Waals surface area (Å²) in [7, 11) is -2.24. The number of amides is 1. The van der Waals surface area contributed by atoms with Crippen molar-refractivity contribution in [2.75, 3.05) is 39.8 Å². The van der Waals surface area contributed by atoms with Crippen LogP contribution in [0.5, 0.6) is 5.75 Å². The first-order chi connectivity index (χ1) is 20.3. The largest absolute Gasteiger partial charge is 0.508 e. The number of pyridine rings is 1. The number of sulfonamides is 1. The monoisotopic (exact) mass is 588 g/mol. The molecule has 0 spiro atoms. The van der Waals surface area contributed by atoms with Crippen LogP contribution in [0.3, 0.4) is 0 Å². The van der Waals surface area contributed by atoms with Gasteiger partial charge in [0.1, 0.15) is 12.4 Å². The van der Waals surface area contributed by atoms with E-state index in [0.717, 1.165) is 29.5 Å². The Kier molecular flexibility index (Phi) is 9.36. The zero-order valence-electron chi connectivity index (χ0n) is 23.7. The van der Waals surface area contributed by atoms with Gasteiger partial charge in [-0.15, -0.1) is 0 Å². The fourth-order valence-electron chi connectivity index (χ4n) is 5.33. The van der Waals surface area contributed by atoms with Crippen molar-refractivity contribution < 1.29 is 23.1 Å². The molecule has 2 heterocycles. The zero-order chi connectivity index (χ0) is 29.5. The van der Waals surface area contributed by atoms with E-state index in [4.69, 9.17) is 4.74 Å². The van der Waals surface area contributed by atoms with Gasteiger partial charge in [0.05, 0.1) is 4.90 Å². The number of rotatable bonds is 9. The molecule has 1 amide bonds. The van der Waals surface area contributed by atoms with Gasteiger partial charge in [0.2, 0.25) is 10.0 Å². The Balaban J connectivity index is 1.32. The van der Waals surface area contributed by atoms with Crippen molar-refractivity contribution in [3.8, 4) is 5.75 Å². The normalized spacial score (nSPS) is 15.4. The molecule has 0 radical (unpaired) electrons. The minimum absolute atomic E-state index is 0.160. The number of phenols is 1. The highest BCUT2D eigenvalue weighted by Gasteiger charge is 2.32. The molecule has 1 fully saturated rings. The van der Waals surface area contributed by atoms with Crippen LogP contribution >= 0.6 is 0 Å². The fourth-order valence-corrected chi connectivity index (χ4v) is 6.88. The number of fused-ring (bicyclic) bond motifs is 1. The average Bonchev–Trinajstić information content (AvgIpc) is 3.26. The average molecular weight is 589 g/mol. The first-order valence-corrected chi connectivity index (χ1v) is 15.5. The minimum Gasteiger partial charge on any atom is -0.508 e. The molecule has 9 nitrogen and oxygen atoms in total. The molecular formula is C32H36N4O5S. The van der Waals surface area contributed by atoms with Crippen LogP contribution < -0.4 is 0 Å². The van der Waals surface area contributed by atoms with E-state index in [-0.39, 0.29) is 23.3 Å². The number of benzene rings is 3. The maximum absolute atomic E-state index is 14.0. The maximum Gasteiger partial charge on any atom is 0.410 e. The third kappa shape index (κ3) is 7.07. The van der Waals surface area contributed by atoms with Gasteiger partial charge in [-0.05, 0) is 54.8 Å². The molecule has 1 N–H and O–H groups in total. The summed E-state index contributed by atoms with van der Waals surface area (Å²) in [6.45, 7) is 3.09. The topological polar surface area (TPSA) is 103 Å². The standard InChI is InChI=1S/C32H36N4O5S/c1-34(42(39,40)31-10-5-9-27-22-33-16-15-30(27)31)28(21-25-11-13-29(37)14-12-25)23-35-17-6-18-36(20-19-35)32(38)41-24-26-7-3-2-4-8-26/h2-5,7-16,22,28,37H,6,17-21,23-24H2,1H3. The summed E-state index contributed by atoms with van der Waals surface area (Å²) in [5, 5.41) is 11.2. The Labute approximate surface area is 247 Å². The molecule has 3 aromatic carbocycles. The van der Waals surface area contributed by atoms with Crippen molar-refractivity contribution in [2.45, 2.75) is 30.4 Å². The van der Waals surface area contributed by atoms with Gasteiger partial charge in [-0.2, -0.15) is 4.31 Å². The van der Waals surface area contributed by atoms with Crippen LogP contribution in [0.15, 0.2) is 96.2 Å². The number of carbonyl (C=O) groups excluding carboxylic acids is 1. The van der Waals surface area contributed by atoms with E-state index in [9.17, 15) is 18.3 Å². The lowest BCUT2D eigenvalue weighted by molar-refractivity contribution is 0.0970. The Bertz CT molecular complexity index is 1590. The molecule has 10 heteroatoms. The van der Waals surface area contributed by atoms with E-state index in [1.165, 1.54) is 4.31 Å². The molecule has 1 unspecified atom stereocenters. The van der Waals surface area contributed by atoms with Crippen molar-refractivity contribution >= 4 is 26.9 Å². The van der Waals surface area contributed by atoms with Crippen molar-refractivity contribution in [2.24, 2.45) is 0 Å². The number of ether oxygens (including phenoxy) is 1. The highest BCUT2D eigenvalue weighted by atomic mass is 32.2. The lowest BCUT2D eigenvalue weighted by Crippen LogP contribution is -2.47. The molecule has 42 heavy (non-hydrogen) atoms. The second-order valence-electron chi connectivity index (χ2n) is 10.6. The van der Waals surface area contributed by atoms with Gasteiger partial charge in [0.25, 0.3) is 0 Å². The van der Waals surface area contributed by atoms with E-state index in [2.05, 4.69) is 9.88 Å². The van der Waals surface area contributed by atoms with E-state index in [1.807, 2.05) is 48.5 Å². The van der Waals surface area contributed by atoms with Crippen LogP contribution in [0.1, 0.15) is 17.5 Å². The third-order valence-corrected chi connectivity index (χ3v) is 9.71. The smallest absolute Gasteiger partial charge is 0.410 e. The molecule has 220 valence electrons. The van der Waals surface area contributed by atoms with Crippen LogP contribution in [0, 0.1) is 0 Å². The third-order valence-electron chi connectivity index (χ3n) is 7.74. The van der Waals surface area contributed by atoms with Gasteiger partial charge in [-0.1, -0.05) is 54.6 Å². The summed E-state index contributed by atoms with van der Waals surface area (Å²) in [6.07, 6.45) is 4.13. The quantitative estimate of drug-likeness (QED) is 0.307. The Hall–Kier alpha value is -3.99. The number of phenolic OH excluding ortho intramolecular Hbond substituents is 1. The van der Waals surface area contributed by atoms with Gasteiger partial charge in [-0.3, -0.25) is 9.88 Å². The molecule has 1 aliphatic heterocycles. The van der Waals surface area contributed by atoms with E-state index in [0.29, 0.717) is 38.0 Å². The molecule has 5 rings (SSSR count). The Morgan fingerprint density at radius 3 is 2.52 bits per heavy atom. The predicted molar refractivity (Wildman–Crippen MR) is 162 cm³/mol. The highest BCUT2D eigenvalue weighted by molar-refractivity contribution is 7.89. The molecule has 0 bridgehead atoms. The number of likely N-dealkylation sites (N-methyl/N-ethyl adjacent to an activating group) is 1. The number of hydrogen-bond donors (Lipinski definition) is 1. The molecule has 1 aliphatic rings. The first-order valence-electron chi connectivity index (χ1n) is 14.1. The summed E-state index contributed by atoms with van der Waals surface area (Å²) in [5.41, 5.74) is 1.86. The number of carbonyl (C=O) groups is 1. The van der Waals surface area contributed by atoms with Crippen LogP contribution in [0.2, 0.25) is 0 Å². The minimum atomic E-state index is -3.87. The lowest BCUT2D eigenvalue weighted by atomic mass is 10.1. The second kappa shape index (κ2) is 13.3. The number of aromatic hydroxyl groups is 1. The molecule has 0 aliphatic carbocycles. The van der Waals surface area contributed by atoms with Crippen molar-refractivity contribution in [3.63, 3.8) is 0 Å². The molecule has 4 aromatic rings. The fraction of sp³-hybridized carbons (Fsp3) is 0.312. The molecular weight excluding hydrogens is 552 g/mol. The maximum atomic E-state index is 14.0. The van der Waals surface area contributed by atoms with Crippen LogP contribution in [0.4, 0.5) is 4.79 Å². The zero-order valence-corrected chi connectivity index (χ0v) is 24.5. The SMILES string of the molecule is CN(C(Cc1ccc(O)cc1)CN1CCCN(C(=O)OCc2ccccc2)CC1)S(=O)(=O)c1cccc2cnccc12. The molecule has 1 saturated heterocycles. The van der Waals surface area contributed by atoms with Crippen LogP contribution in [-0.2, 0) is 27.8 Å². The summed E-state index contributed by atoms with van der Waals surface area (Å²) in [5.74, 6) is 0.160. The van der Waals surface area contributed by atoms with Gasteiger partial charge in [0.15, 0.2) is 0 Å². The molecule has 1 aromatic heterocycles. The second-order valence-corrected chi connectivity index (χ2v) is 12.5. The van der Waals surface area contributed by atoms with Crippen molar-refractivity contribution in [3.05, 3.63) is 102 Å². The lowest BCUT2D eigenvalue weighted by Gasteiger charge is -2.32. The first kappa shape index (κ1) is 29.5. The number of aromatic nitrogens is 1. The summed E-state index contributed by atoms with van der Waals surface area (Å²) >= 11 is 0. The summed E-state index contributed by atoms with van der Waals surface area (Å²) < 4.78 is 35.1. The highest BCUT2D eigenvalue weighted by Crippen LogP contribution is 2.27. The van der Waals surface area contributed by atoms with Crippen LogP contribution in [-0.4, -0.2) is 84.5 Å². The van der Waals surface area contributed by atoms with E-state index < -0.39 is 16.1 Å². The van der Waals surface area contributed by atoms with Gasteiger partial charge >= 0.3 is 6.09 Å². The van der Waals surface area contributed by atoms with Crippen molar-refractivity contribution in [1.82, 2.24) is 19.1 Å². The Morgan fingerprint density at radius 1 is 0.952 bits per heavy atom. The predicted octanol–water partition coefficient (Wildman–Crippen LogP) is 4.52. The summed E-state index contributed by atoms with van der Waals surface area (Å²) in [4.78, 5) is 21.1.